The van der Waals surface area contributed by atoms with E-state index in [9.17, 15) is 9.59 Å². The lowest BCUT2D eigenvalue weighted by Crippen LogP contribution is -2.49. The van der Waals surface area contributed by atoms with E-state index >= 15 is 0 Å². The van der Waals surface area contributed by atoms with Gasteiger partial charge in [-0.3, -0.25) is 14.6 Å². The average Bonchev–Trinajstić information content (AvgIpc) is 2.73. The zero-order valence-corrected chi connectivity index (χ0v) is 16.7. The quantitative estimate of drug-likeness (QED) is 0.603. The lowest BCUT2D eigenvalue weighted by Gasteiger charge is -2.38. The number of carbonyl (C=O) groups excluding carboxylic acids is 2. The van der Waals surface area contributed by atoms with Gasteiger partial charge in [-0.25, -0.2) is 5.43 Å². The topological polar surface area (TPSA) is 83.9 Å². The van der Waals surface area contributed by atoms with Crippen LogP contribution >= 0.6 is 0 Å². The smallest absolute Gasteiger partial charge is 0.271 e. The van der Waals surface area contributed by atoms with E-state index in [0.717, 1.165) is 24.8 Å². The normalized spacial score (nSPS) is 19.2. The largest absolute Gasteiger partial charge is 0.484 e. The van der Waals surface area contributed by atoms with Crippen LogP contribution in [0.2, 0.25) is 0 Å². The number of hydrogen-bond donors (Lipinski definition) is 1. The fraction of sp³-hybridized carbons (Fsp3) is 0.364. The van der Waals surface area contributed by atoms with E-state index in [-0.39, 0.29) is 30.5 Å². The van der Waals surface area contributed by atoms with Crippen molar-refractivity contribution in [3.05, 3.63) is 59.9 Å². The van der Waals surface area contributed by atoms with Crippen LogP contribution in [-0.2, 0) is 4.79 Å². The van der Waals surface area contributed by atoms with E-state index in [2.05, 4.69) is 29.4 Å². The second-order valence-corrected chi connectivity index (χ2v) is 7.22. The zero-order valence-electron chi connectivity index (χ0n) is 16.7. The zero-order chi connectivity index (χ0) is 20.6. The number of carbonyl (C=O) groups is 2. The summed E-state index contributed by atoms with van der Waals surface area (Å²) >= 11 is 0. The number of hydrazone groups is 1. The van der Waals surface area contributed by atoms with Gasteiger partial charge in [0.25, 0.3) is 11.8 Å². The molecule has 3 rings (SSSR count). The van der Waals surface area contributed by atoms with Gasteiger partial charge in [0.05, 0.1) is 6.21 Å². The number of pyridine rings is 1. The predicted octanol–water partition coefficient (Wildman–Crippen LogP) is 3.01. The Morgan fingerprint density at radius 1 is 1.14 bits per heavy atom. The molecule has 0 unspecified atom stereocenters. The summed E-state index contributed by atoms with van der Waals surface area (Å²) in [5, 5.41) is 3.93. The first kappa shape index (κ1) is 20.5. The van der Waals surface area contributed by atoms with Gasteiger partial charge in [0.15, 0.2) is 6.61 Å². The summed E-state index contributed by atoms with van der Waals surface area (Å²) in [5.74, 6) is 0.221. The van der Waals surface area contributed by atoms with Gasteiger partial charge in [-0.15, -0.1) is 0 Å². The number of likely N-dealkylation sites (tertiary alicyclic amines) is 1. The van der Waals surface area contributed by atoms with Crippen LogP contribution in [0, 0.1) is 0 Å². The highest BCUT2D eigenvalue weighted by molar-refractivity contribution is 5.95. The monoisotopic (exact) mass is 394 g/mol. The maximum Gasteiger partial charge on any atom is 0.271 e. The van der Waals surface area contributed by atoms with Crippen molar-refractivity contribution < 1.29 is 14.3 Å². The first-order valence-corrected chi connectivity index (χ1v) is 9.82. The maximum absolute atomic E-state index is 12.5. The Hall–Kier alpha value is -3.22. The molecule has 29 heavy (non-hydrogen) atoms. The van der Waals surface area contributed by atoms with Gasteiger partial charge >= 0.3 is 0 Å². The lowest BCUT2D eigenvalue weighted by atomic mass is 9.97. The molecule has 7 heteroatoms. The molecule has 1 fully saturated rings. The molecule has 1 aromatic heterocycles. The van der Waals surface area contributed by atoms with Crippen LogP contribution < -0.4 is 10.2 Å². The Balaban J connectivity index is 1.50. The molecule has 2 amide bonds. The Morgan fingerprint density at radius 3 is 2.45 bits per heavy atom. The molecule has 2 heterocycles. The number of amides is 2. The van der Waals surface area contributed by atoms with E-state index in [4.69, 9.17) is 4.74 Å². The second kappa shape index (κ2) is 9.82. The second-order valence-electron chi connectivity index (χ2n) is 7.22. The number of rotatable bonds is 6. The molecule has 7 nitrogen and oxygen atoms in total. The average molecular weight is 394 g/mol. The third-order valence-corrected chi connectivity index (χ3v) is 5.05. The van der Waals surface area contributed by atoms with Gasteiger partial charge in [-0.2, -0.15) is 5.10 Å². The van der Waals surface area contributed by atoms with Gasteiger partial charge in [0.2, 0.25) is 0 Å². The van der Waals surface area contributed by atoms with Crippen LogP contribution in [-0.4, -0.2) is 46.6 Å². The van der Waals surface area contributed by atoms with Crippen molar-refractivity contribution in [2.75, 3.05) is 6.61 Å². The molecule has 0 saturated carbocycles. The standard InChI is InChI=1S/C22H26N4O3/c1-16-4-3-5-17(2)26(16)21(27)15-29-20-8-6-19(7-9-20)22(28)25-24-14-18-10-12-23-13-11-18/h6-14,16-17H,3-5,15H2,1-2H3,(H,25,28)/b24-14-/t16-,17-/m0/s1. The minimum atomic E-state index is -0.325. The molecule has 1 N–H and O–H groups in total. The fourth-order valence-corrected chi connectivity index (χ4v) is 3.51. The highest BCUT2D eigenvalue weighted by Crippen LogP contribution is 2.23. The van der Waals surface area contributed by atoms with Crippen molar-refractivity contribution in [1.82, 2.24) is 15.3 Å². The first-order chi connectivity index (χ1) is 14.0. The maximum atomic E-state index is 12.5. The molecule has 2 aromatic rings. The summed E-state index contributed by atoms with van der Waals surface area (Å²) < 4.78 is 5.63. The molecule has 2 atom stereocenters. The van der Waals surface area contributed by atoms with Crippen LogP contribution in [0.25, 0.3) is 0 Å². The van der Waals surface area contributed by atoms with E-state index in [1.165, 1.54) is 0 Å². The Labute approximate surface area is 170 Å². The summed E-state index contributed by atoms with van der Waals surface area (Å²) in [7, 11) is 0. The van der Waals surface area contributed by atoms with Gasteiger partial charge < -0.3 is 9.64 Å². The van der Waals surface area contributed by atoms with Crippen molar-refractivity contribution in [2.24, 2.45) is 5.10 Å². The van der Waals surface area contributed by atoms with Gasteiger partial charge in [-0.05, 0) is 75.1 Å². The van der Waals surface area contributed by atoms with Gasteiger partial charge in [-0.1, -0.05) is 0 Å². The summed E-state index contributed by atoms with van der Waals surface area (Å²) in [4.78, 5) is 30.5. The van der Waals surface area contributed by atoms with Crippen molar-refractivity contribution in [3.8, 4) is 5.75 Å². The van der Waals surface area contributed by atoms with Crippen molar-refractivity contribution in [1.29, 1.82) is 0 Å². The summed E-state index contributed by atoms with van der Waals surface area (Å²) in [6.45, 7) is 4.16. The van der Waals surface area contributed by atoms with Crippen LogP contribution in [0.1, 0.15) is 49.0 Å². The van der Waals surface area contributed by atoms with E-state index in [1.54, 1.807) is 55.0 Å². The van der Waals surface area contributed by atoms with Crippen molar-refractivity contribution >= 4 is 18.0 Å². The summed E-state index contributed by atoms with van der Waals surface area (Å²) in [6, 6.07) is 10.7. The van der Waals surface area contributed by atoms with Gasteiger partial charge in [0, 0.05) is 30.0 Å². The molecule has 0 radical (unpaired) electrons. The van der Waals surface area contributed by atoms with E-state index in [1.807, 2.05) is 4.90 Å². The number of ether oxygens (including phenoxy) is 1. The molecule has 1 aliphatic rings. The Bertz CT molecular complexity index is 842. The van der Waals surface area contributed by atoms with Gasteiger partial charge in [0.1, 0.15) is 5.75 Å². The van der Waals surface area contributed by atoms with E-state index in [0.29, 0.717) is 11.3 Å². The minimum Gasteiger partial charge on any atom is -0.484 e. The van der Waals surface area contributed by atoms with Crippen LogP contribution in [0.5, 0.6) is 5.75 Å². The fourth-order valence-electron chi connectivity index (χ4n) is 3.51. The van der Waals surface area contributed by atoms with E-state index < -0.39 is 0 Å². The van der Waals surface area contributed by atoms with Crippen LogP contribution in [0.3, 0.4) is 0 Å². The summed E-state index contributed by atoms with van der Waals surface area (Å²) in [5.41, 5.74) is 3.77. The van der Waals surface area contributed by atoms with Crippen LogP contribution in [0.4, 0.5) is 0 Å². The molecule has 0 spiro atoms. The molecular formula is C22H26N4O3. The number of hydrogen-bond acceptors (Lipinski definition) is 5. The third kappa shape index (κ3) is 5.63. The number of aromatic nitrogens is 1. The number of piperidine rings is 1. The SMILES string of the molecule is C[C@H]1CCC[C@H](C)N1C(=O)COc1ccc(C(=O)N/N=C\c2ccncc2)cc1. The lowest BCUT2D eigenvalue weighted by molar-refractivity contribution is -0.139. The highest BCUT2D eigenvalue weighted by Gasteiger charge is 2.28. The molecule has 1 aliphatic heterocycles. The highest BCUT2D eigenvalue weighted by atomic mass is 16.5. The number of nitrogens with zero attached hydrogens (tertiary/aromatic N) is 3. The Kier molecular flexibility index (Phi) is 6.94. The van der Waals surface area contributed by atoms with Crippen molar-refractivity contribution in [3.63, 3.8) is 0 Å². The summed E-state index contributed by atoms with van der Waals surface area (Å²) in [6.07, 6.45) is 8.07. The molecule has 0 bridgehead atoms. The molecule has 152 valence electrons. The first-order valence-electron chi connectivity index (χ1n) is 9.82. The minimum absolute atomic E-state index is 0.00281. The third-order valence-electron chi connectivity index (χ3n) is 5.05. The Morgan fingerprint density at radius 2 is 1.79 bits per heavy atom. The molecule has 1 saturated heterocycles. The number of benzene rings is 1. The molecule has 1 aromatic carbocycles. The number of nitrogens with one attached hydrogen (secondary N) is 1. The molecule has 0 aliphatic carbocycles. The van der Waals surface area contributed by atoms with Crippen LogP contribution in [0.15, 0.2) is 53.9 Å². The predicted molar refractivity (Wildman–Crippen MR) is 111 cm³/mol. The molecular weight excluding hydrogens is 368 g/mol. The van der Waals surface area contributed by atoms with Crippen molar-refractivity contribution in [2.45, 2.75) is 45.2 Å².